The molecule has 0 bridgehead atoms. The molecule has 1 amide bonds. The van der Waals surface area contributed by atoms with E-state index in [4.69, 9.17) is 0 Å². The first-order valence-corrected chi connectivity index (χ1v) is 6.71. The highest BCUT2D eigenvalue weighted by Gasteiger charge is 2.19. The van der Waals surface area contributed by atoms with Crippen molar-refractivity contribution in [2.75, 3.05) is 11.9 Å². The van der Waals surface area contributed by atoms with Crippen LogP contribution in [-0.4, -0.2) is 27.0 Å². The second-order valence-electron chi connectivity index (χ2n) is 4.93. The first-order chi connectivity index (χ1) is 9.72. The highest BCUT2D eigenvalue weighted by Crippen LogP contribution is 2.16. The van der Waals surface area contributed by atoms with Crippen LogP contribution in [0.3, 0.4) is 0 Å². The lowest BCUT2D eigenvalue weighted by Crippen LogP contribution is -2.31. The van der Waals surface area contributed by atoms with Crippen molar-refractivity contribution in [3.05, 3.63) is 42.2 Å². The molecule has 20 heavy (non-hydrogen) atoms. The quantitative estimate of drug-likeness (QED) is 0.877. The van der Waals surface area contributed by atoms with E-state index in [2.05, 4.69) is 32.1 Å². The lowest BCUT2D eigenvalue weighted by atomic mass is 10.2. The van der Waals surface area contributed by atoms with E-state index in [1.54, 1.807) is 18.5 Å². The molecule has 1 aliphatic heterocycles. The number of pyridine rings is 1. The number of fused-ring (bicyclic) bond motifs is 1. The Kier molecular flexibility index (Phi) is 3.47. The Balaban J connectivity index is 1.67. The second kappa shape index (κ2) is 5.42. The molecule has 2 N–H and O–H groups in total. The number of carbonyl (C=O) groups is 1. The Morgan fingerprint density at radius 1 is 1.60 bits per heavy atom. The Morgan fingerprint density at radius 3 is 3.25 bits per heavy atom. The van der Waals surface area contributed by atoms with Gasteiger partial charge in [-0.15, -0.1) is 0 Å². The largest absolute Gasteiger partial charge is 0.332 e. The van der Waals surface area contributed by atoms with Crippen LogP contribution in [0, 0.1) is 0 Å². The van der Waals surface area contributed by atoms with Gasteiger partial charge in [-0.05, 0) is 19.1 Å². The average Bonchev–Trinajstić information content (AvgIpc) is 2.83. The van der Waals surface area contributed by atoms with Crippen molar-refractivity contribution in [2.45, 2.75) is 25.9 Å². The van der Waals surface area contributed by atoms with Crippen LogP contribution in [0.5, 0.6) is 0 Å². The van der Waals surface area contributed by atoms with Gasteiger partial charge in [0.25, 0.3) is 0 Å². The van der Waals surface area contributed by atoms with Gasteiger partial charge in [-0.3, -0.25) is 9.78 Å². The summed E-state index contributed by atoms with van der Waals surface area (Å²) in [5, 5.41) is 6.17. The van der Waals surface area contributed by atoms with Crippen molar-refractivity contribution < 1.29 is 4.79 Å². The molecule has 0 saturated heterocycles. The molecule has 0 radical (unpaired) electrons. The van der Waals surface area contributed by atoms with Crippen molar-refractivity contribution in [1.82, 2.24) is 19.9 Å². The molecular weight excluding hydrogens is 254 g/mol. The Morgan fingerprint density at radius 2 is 2.50 bits per heavy atom. The molecule has 6 nitrogen and oxygen atoms in total. The van der Waals surface area contributed by atoms with Crippen molar-refractivity contribution in [1.29, 1.82) is 0 Å². The van der Waals surface area contributed by atoms with Crippen molar-refractivity contribution in [3.8, 4) is 0 Å². The third-order valence-electron chi connectivity index (χ3n) is 3.33. The minimum Gasteiger partial charge on any atom is -0.332 e. The lowest BCUT2D eigenvalue weighted by molar-refractivity contribution is -0.115. The highest BCUT2D eigenvalue weighted by atomic mass is 16.1. The topological polar surface area (TPSA) is 71.8 Å². The molecule has 0 aliphatic carbocycles. The Bertz CT molecular complexity index is 607. The second-order valence-corrected chi connectivity index (χ2v) is 4.93. The van der Waals surface area contributed by atoms with Gasteiger partial charge in [0, 0.05) is 25.5 Å². The van der Waals surface area contributed by atoms with E-state index >= 15 is 0 Å². The molecular formula is C14H17N5O. The zero-order valence-corrected chi connectivity index (χ0v) is 11.3. The molecule has 1 aliphatic rings. The van der Waals surface area contributed by atoms with Gasteiger partial charge in [0.2, 0.25) is 5.91 Å². The van der Waals surface area contributed by atoms with Crippen LogP contribution in [0.25, 0.3) is 0 Å². The number of hydrogen-bond donors (Lipinski definition) is 2. The highest BCUT2D eigenvalue weighted by molar-refractivity contribution is 5.91. The van der Waals surface area contributed by atoms with Gasteiger partial charge in [0.05, 0.1) is 30.0 Å². The number of nitrogens with one attached hydrogen (secondary N) is 2. The number of imidazole rings is 1. The first-order valence-electron chi connectivity index (χ1n) is 6.71. The number of rotatable bonds is 3. The van der Waals surface area contributed by atoms with Gasteiger partial charge in [-0.2, -0.15) is 0 Å². The van der Waals surface area contributed by atoms with Crippen LogP contribution in [0.4, 0.5) is 5.69 Å². The molecule has 0 fully saturated rings. The number of amides is 1. The summed E-state index contributed by atoms with van der Waals surface area (Å²) in [6.45, 7) is 3.92. The van der Waals surface area contributed by atoms with Crippen LogP contribution in [0.1, 0.15) is 24.5 Å². The maximum absolute atomic E-state index is 12.0. The lowest BCUT2D eigenvalue weighted by Gasteiger charge is -2.21. The standard InChI is InChI=1S/C14H17N5O/c1-10-14-18-12(9-19(14)6-5-16-10)7-13(20)17-11-3-2-4-15-8-11/h2-4,8-10,16H,5-7H2,1H3,(H,17,20). The average molecular weight is 271 g/mol. The molecule has 6 heteroatoms. The summed E-state index contributed by atoms with van der Waals surface area (Å²) in [7, 11) is 0. The van der Waals surface area contributed by atoms with E-state index in [0.717, 1.165) is 24.6 Å². The predicted molar refractivity (Wildman–Crippen MR) is 75.2 cm³/mol. The van der Waals surface area contributed by atoms with Crippen LogP contribution in [0.15, 0.2) is 30.7 Å². The summed E-state index contributed by atoms with van der Waals surface area (Å²) in [6, 6.07) is 3.84. The SMILES string of the molecule is CC1NCCn2cc(CC(=O)Nc3cccnc3)nc21. The Hall–Kier alpha value is -2.21. The van der Waals surface area contributed by atoms with Crippen LogP contribution < -0.4 is 10.6 Å². The van der Waals surface area contributed by atoms with E-state index in [1.165, 1.54) is 0 Å². The molecule has 3 heterocycles. The number of aromatic nitrogens is 3. The smallest absolute Gasteiger partial charge is 0.230 e. The fourth-order valence-electron chi connectivity index (χ4n) is 2.40. The van der Waals surface area contributed by atoms with Gasteiger partial charge in [-0.25, -0.2) is 4.98 Å². The Labute approximate surface area is 117 Å². The van der Waals surface area contributed by atoms with Crippen LogP contribution >= 0.6 is 0 Å². The molecule has 0 spiro atoms. The summed E-state index contributed by atoms with van der Waals surface area (Å²) >= 11 is 0. The summed E-state index contributed by atoms with van der Waals surface area (Å²) in [4.78, 5) is 20.5. The van der Waals surface area contributed by atoms with Gasteiger partial charge in [0.15, 0.2) is 0 Å². The summed E-state index contributed by atoms with van der Waals surface area (Å²) < 4.78 is 2.12. The normalized spacial score (nSPS) is 17.6. The van der Waals surface area contributed by atoms with E-state index in [9.17, 15) is 4.79 Å². The van der Waals surface area contributed by atoms with E-state index < -0.39 is 0 Å². The van der Waals surface area contributed by atoms with Crippen molar-refractivity contribution in [2.24, 2.45) is 0 Å². The van der Waals surface area contributed by atoms with E-state index in [0.29, 0.717) is 5.69 Å². The predicted octanol–water partition coefficient (Wildman–Crippen LogP) is 1.12. The number of carbonyl (C=O) groups excluding carboxylic acids is 1. The molecule has 1 unspecified atom stereocenters. The van der Waals surface area contributed by atoms with Gasteiger partial charge in [-0.1, -0.05) is 0 Å². The summed E-state index contributed by atoms with van der Waals surface area (Å²) in [5.41, 5.74) is 1.51. The monoisotopic (exact) mass is 271 g/mol. The molecule has 2 aromatic rings. The number of hydrogen-bond acceptors (Lipinski definition) is 4. The van der Waals surface area contributed by atoms with Gasteiger partial charge >= 0.3 is 0 Å². The zero-order valence-electron chi connectivity index (χ0n) is 11.3. The zero-order chi connectivity index (χ0) is 13.9. The molecule has 3 rings (SSSR count). The fourth-order valence-corrected chi connectivity index (χ4v) is 2.40. The minimum atomic E-state index is -0.0749. The van der Waals surface area contributed by atoms with E-state index in [-0.39, 0.29) is 18.4 Å². The third-order valence-corrected chi connectivity index (χ3v) is 3.33. The van der Waals surface area contributed by atoms with Crippen LogP contribution in [0.2, 0.25) is 0 Å². The molecule has 104 valence electrons. The fraction of sp³-hybridized carbons (Fsp3) is 0.357. The molecule has 0 saturated carbocycles. The maximum Gasteiger partial charge on any atom is 0.230 e. The van der Waals surface area contributed by atoms with Gasteiger partial charge in [0.1, 0.15) is 5.82 Å². The van der Waals surface area contributed by atoms with Crippen LogP contribution in [-0.2, 0) is 17.8 Å². The minimum absolute atomic E-state index is 0.0749. The third kappa shape index (κ3) is 2.70. The summed E-state index contributed by atoms with van der Waals surface area (Å²) in [5.74, 6) is 0.925. The maximum atomic E-state index is 12.0. The molecule has 1 atom stereocenters. The number of nitrogens with zero attached hydrogens (tertiary/aromatic N) is 3. The van der Waals surface area contributed by atoms with Gasteiger partial charge < -0.3 is 15.2 Å². The molecule has 0 aromatic carbocycles. The van der Waals surface area contributed by atoms with Crippen molar-refractivity contribution >= 4 is 11.6 Å². The van der Waals surface area contributed by atoms with Crippen molar-refractivity contribution in [3.63, 3.8) is 0 Å². The molecule has 2 aromatic heterocycles. The summed E-state index contributed by atoms with van der Waals surface area (Å²) in [6.07, 6.45) is 5.55. The van der Waals surface area contributed by atoms with E-state index in [1.807, 2.05) is 12.3 Å². The first kappa shape index (κ1) is 12.8. The number of anilines is 1.